The van der Waals surface area contributed by atoms with Crippen LogP contribution >= 0.6 is 11.8 Å². The van der Waals surface area contributed by atoms with Gasteiger partial charge in [-0.05, 0) is 29.8 Å². The van der Waals surface area contributed by atoms with Gasteiger partial charge in [0.25, 0.3) is 11.8 Å². The van der Waals surface area contributed by atoms with Gasteiger partial charge in [0.05, 0.1) is 11.9 Å². The van der Waals surface area contributed by atoms with E-state index in [1.165, 1.54) is 36.5 Å². The molecular formula is C21H21FN4O6S2. The molecule has 0 saturated carbocycles. The van der Waals surface area contributed by atoms with E-state index in [0.717, 1.165) is 18.0 Å². The van der Waals surface area contributed by atoms with E-state index in [9.17, 15) is 32.9 Å². The van der Waals surface area contributed by atoms with Gasteiger partial charge >= 0.3 is 0 Å². The first kappa shape index (κ1) is 24.3. The van der Waals surface area contributed by atoms with Crippen molar-refractivity contribution in [2.24, 2.45) is 0 Å². The number of aromatic hydroxyl groups is 1. The molecule has 0 aliphatic carbocycles. The Kier molecular flexibility index (Phi) is 6.48. The quantitative estimate of drug-likeness (QED) is 0.371. The largest absolute Gasteiger partial charge is 0.504 e. The maximum atomic E-state index is 13.1. The average molecular weight is 509 g/mol. The van der Waals surface area contributed by atoms with Crippen molar-refractivity contribution in [2.45, 2.75) is 17.7 Å². The van der Waals surface area contributed by atoms with Crippen molar-refractivity contribution < 1.29 is 32.9 Å². The molecule has 10 nitrogen and oxygen atoms in total. The monoisotopic (exact) mass is 508 g/mol. The molecule has 1 unspecified atom stereocenters. The number of halogens is 1. The number of nitrogens with zero attached hydrogens (tertiary/aromatic N) is 3. The summed E-state index contributed by atoms with van der Waals surface area (Å²) < 4.78 is 38.0. The normalized spacial score (nSPS) is 18.6. The van der Waals surface area contributed by atoms with E-state index in [2.05, 4.69) is 15.3 Å². The Morgan fingerprint density at radius 3 is 2.68 bits per heavy atom. The molecule has 180 valence electrons. The van der Waals surface area contributed by atoms with Crippen molar-refractivity contribution in [2.75, 3.05) is 18.6 Å². The van der Waals surface area contributed by atoms with Crippen LogP contribution in [-0.2, 0) is 16.6 Å². The van der Waals surface area contributed by atoms with E-state index in [1.54, 1.807) is 6.07 Å². The van der Waals surface area contributed by atoms with Crippen LogP contribution in [0.3, 0.4) is 0 Å². The van der Waals surface area contributed by atoms with Crippen LogP contribution in [0.25, 0.3) is 10.9 Å². The molecule has 2 aromatic heterocycles. The van der Waals surface area contributed by atoms with E-state index in [1.807, 2.05) is 0 Å². The van der Waals surface area contributed by atoms with Gasteiger partial charge in [-0.3, -0.25) is 9.78 Å². The maximum absolute atomic E-state index is 13.1. The summed E-state index contributed by atoms with van der Waals surface area (Å²) in [5.41, 5.74) is 0.157. The van der Waals surface area contributed by atoms with Crippen molar-refractivity contribution in [1.82, 2.24) is 19.6 Å². The number of hydrogen-bond donors (Lipinski definition) is 4. The summed E-state index contributed by atoms with van der Waals surface area (Å²) in [6, 6.07) is 8.53. The number of thioether (sulfide) groups is 1. The van der Waals surface area contributed by atoms with Gasteiger partial charge in [0, 0.05) is 30.4 Å². The Hall–Kier alpha value is -2.84. The number of fused-ring (bicyclic) bond motifs is 1. The fourth-order valence-electron chi connectivity index (χ4n) is 3.71. The van der Waals surface area contributed by atoms with Crippen molar-refractivity contribution in [1.29, 1.82) is 0 Å². The topological polar surface area (TPSA) is 153 Å². The minimum Gasteiger partial charge on any atom is -0.504 e. The number of hydrogen-bond acceptors (Lipinski definition) is 9. The molecule has 4 N–H and O–H groups in total. The first-order chi connectivity index (χ1) is 16.0. The Morgan fingerprint density at radius 1 is 1.29 bits per heavy atom. The van der Waals surface area contributed by atoms with Crippen LogP contribution in [0.4, 0.5) is 4.39 Å². The van der Waals surface area contributed by atoms with Crippen LogP contribution in [0, 0.1) is 5.82 Å². The highest BCUT2D eigenvalue weighted by Crippen LogP contribution is 2.46. The number of amides is 1. The van der Waals surface area contributed by atoms with Gasteiger partial charge < -0.3 is 20.6 Å². The summed E-state index contributed by atoms with van der Waals surface area (Å²) in [7, 11) is -3.98. The van der Waals surface area contributed by atoms with E-state index in [0.29, 0.717) is 9.87 Å². The third-order valence-electron chi connectivity index (χ3n) is 5.29. The predicted octanol–water partition coefficient (Wildman–Crippen LogP) is 1.09. The first-order valence-corrected chi connectivity index (χ1v) is 12.9. The second-order valence-electron chi connectivity index (χ2n) is 7.68. The summed E-state index contributed by atoms with van der Waals surface area (Å²) in [4.78, 5) is 21.2. The summed E-state index contributed by atoms with van der Waals surface area (Å²) in [6.45, 7) is -0.119. The second kappa shape index (κ2) is 9.07. The standard InChI is InChI=1S/C21H21FN4O6S2/c1-34(31,32)26-9-10-33-19(21(26,29)30)16-14-3-2-8-23-15(14)18(27)17(25-16)20(28)24-11-12-4-6-13(22)7-5-12/h2-8,19,27,29-30H,9-11H2,1H3,(H,24,28). The smallest absolute Gasteiger partial charge is 0.274 e. The molecule has 1 aromatic carbocycles. The molecule has 1 amide bonds. The number of aliphatic hydroxyl groups is 2. The lowest BCUT2D eigenvalue weighted by Crippen LogP contribution is -2.58. The lowest BCUT2D eigenvalue weighted by molar-refractivity contribution is -0.234. The Morgan fingerprint density at radius 2 is 2.00 bits per heavy atom. The van der Waals surface area contributed by atoms with E-state index < -0.39 is 44.4 Å². The Labute approximate surface area is 198 Å². The molecule has 1 atom stereocenters. The van der Waals surface area contributed by atoms with Crippen molar-refractivity contribution in [3.05, 3.63) is 65.4 Å². The molecule has 0 bridgehead atoms. The fraction of sp³-hybridized carbons (Fsp3) is 0.286. The van der Waals surface area contributed by atoms with Gasteiger partial charge in [0.2, 0.25) is 10.0 Å². The van der Waals surface area contributed by atoms with Crippen LogP contribution in [0.5, 0.6) is 5.75 Å². The first-order valence-electron chi connectivity index (χ1n) is 10.0. The van der Waals surface area contributed by atoms with Crippen molar-refractivity contribution in [3.8, 4) is 5.75 Å². The van der Waals surface area contributed by atoms with E-state index in [-0.39, 0.29) is 35.4 Å². The Balaban J connectivity index is 1.76. The molecule has 0 radical (unpaired) electrons. The minimum absolute atomic E-state index is 0.00712. The molecule has 13 heteroatoms. The summed E-state index contributed by atoms with van der Waals surface area (Å²) in [6.07, 6.45) is 2.24. The lowest BCUT2D eigenvalue weighted by Gasteiger charge is -2.42. The number of pyridine rings is 2. The third kappa shape index (κ3) is 4.57. The number of benzene rings is 1. The number of sulfonamides is 1. The van der Waals surface area contributed by atoms with Gasteiger partial charge in [0.1, 0.15) is 16.6 Å². The number of rotatable bonds is 5. The van der Waals surface area contributed by atoms with Gasteiger partial charge in [0.15, 0.2) is 11.4 Å². The van der Waals surface area contributed by atoms with Crippen LogP contribution in [-0.4, -0.2) is 68.4 Å². The Bertz CT molecular complexity index is 1350. The molecule has 3 aromatic rings. The molecule has 1 saturated heterocycles. The zero-order chi connectivity index (χ0) is 24.7. The fourth-order valence-corrected chi connectivity index (χ4v) is 6.12. The van der Waals surface area contributed by atoms with Crippen molar-refractivity contribution >= 4 is 38.6 Å². The zero-order valence-corrected chi connectivity index (χ0v) is 19.5. The molecule has 34 heavy (non-hydrogen) atoms. The highest BCUT2D eigenvalue weighted by atomic mass is 32.2. The molecule has 4 rings (SSSR count). The number of carbonyl (C=O) groups excluding carboxylic acids is 1. The lowest BCUT2D eigenvalue weighted by atomic mass is 10.1. The van der Waals surface area contributed by atoms with Crippen LogP contribution in [0.2, 0.25) is 0 Å². The summed E-state index contributed by atoms with van der Waals surface area (Å²) in [5.74, 6) is -4.33. The minimum atomic E-state index is -3.98. The van der Waals surface area contributed by atoms with Gasteiger partial charge in [-0.2, -0.15) is 0 Å². The molecule has 0 spiro atoms. The molecular weight excluding hydrogens is 487 g/mol. The molecule has 1 aliphatic heterocycles. The van der Waals surface area contributed by atoms with Crippen LogP contribution in [0.15, 0.2) is 42.6 Å². The third-order valence-corrected chi connectivity index (χ3v) is 7.84. The summed E-state index contributed by atoms with van der Waals surface area (Å²) in [5, 5.41) is 33.9. The van der Waals surface area contributed by atoms with Gasteiger partial charge in [-0.1, -0.05) is 12.1 Å². The predicted molar refractivity (Wildman–Crippen MR) is 123 cm³/mol. The van der Waals surface area contributed by atoms with Crippen LogP contribution < -0.4 is 5.32 Å². The number of nitrogens with one attached hydrogen (secondary N) is 1. The summed E-state index contributed by atoms with van der Waals surface area (Å²) >= 11 is 1.05. The zero-order valence-electron chi connectivity index (χ0n) is 17.8. The SMILES string of the molecule is CS(=O)(=O)N1CCSC(c2nc(C(=O)NCc3ccc(F)cc3)c(O)c3ncccc23)C1(O)O. The highest BCUT2D eigenvalue weighted by Gasteiger charge is 2.50. The van der Waals surface area contributed by atoms with Gasteiger partial charge in [-0.15, -0.1) is 16.1 Å². The van der Waals surface area contributed by atoms with Crippen molar-refractivity contribution in [3.63, 3.8) is 0 Å². The number of carbonyl (C=O) groups is 1. The van der Waals surface area contributed by atoms with Gasteiger partial charge in [-0.25, -0.2) is 17.8 Å². The van der Waals surface area contributed by atoms with E-state index >= 15 is 0 Å². The van der Waals surface area contributed by atoms with E-state index in [4.69, 9.17) is 0 Å². The molecule has 1 fully saturated rings. The maximum Gasteiger partial charge on any atom is 0.274 e. The molecule has 3 heterocycles. The second-order valence-corrected chi connectivity index (χ2v) is 10.8. The average Bonchev–Trinajstić information content (AvgIpc) is 2.78. The molecule has 1 aliphatic rings. The van der Waals surface area contributed by atoms with Crippen LogP contribution in [0.1, 0.15) is 27.0 Å². The number of aromatic nitrogens is 2. The highest BCUT2D eigenvalue weighted by molar-refractivity contribution is 7.99.